The minimum atomic E-state index is -0.842. The highest BCUT2D eigenvalue weighted by Crippen LogP contribution is 2.12. The number of benzene rings is 2. The molecule has 1 N–H and O–H groups in total. The molecule has 0 saturated heterocycles. The van der Waals surface area contributed by atoms with Gasteiger partial charge in [0.15, 0.2) is 6.10 Å². The Kier molecular flexibility index (Phi) is 7.01. The number of hydrogen-bond donors (Lipinski definition) is 1. The van der Waals surface area contributed by atoms with Gasteiger partial charge in [-0.1, -0.05) is 35.9 Å². The maximum atomic E-state index is 12.0. The lowest BCUT2D eigenvalue weighted by Crippen LogP contribution is -2.30. The van der Waals surface area contributed by atoms with Crippen LogP contribution in [0, 0.1) is 6.92 Å². The van der Waals surface area contributed by atoms with Gasteiger partial charge in [-0.05, 0) is 44.5 Å². The second kappa shape index (κ2) is 9.47. The molecule has 0 unspecified atom stereocenters. The predicted octanol–water partition coefficient (Wildman–Crippen LogP) is 3.72. The van der Waals surface area contributed by atoms with E-state index in [1.807, 2.05) is 49.4 Å². The van der Waals surface area contributed by atoms with Crippen molar-refractivity contribution in [3.8, 4) is 5.75 Å². The summed E-state index contributed by atoms with van der Waals surface area (Å²) in [6.45, 7) is 3.98. The Morgan fingerprint density at radius 1 is 1.04 bits per heavy atom. The molecule has 0 radical (unpaired) electrons. The highest BCUT2D eigenvalue weighted by Gasteiger charge is 2.17. The van der Waals surface area contributed by atoms with Gasteiger partial charge in [0.25, 0.3) is 5.91 Å². The summed E-state index contributed by atoms with van der Waals surface area (Å²) in [4.78, 5) is 23.8. The third-order valence-corrected chi connectivity index (χ3v) is 3.53. The number of anilines is 1. The molecule has 1 amide bonds. The monoisotopic (exact) mass is 341 g/mol. The van der Waals surface area contributed by atoms with Gasteiger partial charge < -0.3 is 14.8 Å². The van der Waals surface area contributed by atoms with E-state index in [9.17, 15) is 9.59 Å². The number of para-hydroxylation sites is 1. The second-order valence-electron chi connectivity index (χ2n) is 5.75. The fraction of sp³-hybridized carbons (Fsp3) is 0.300. The van der Waals surface area contributed by atoms with E-state index < -0.39 is 12.1 Å². The van der Waals surface area contributed by atoms with Crippen LogP contribution in [0.3, 0.4) is 0 Å². The summed E-state index contributed by atoms with van der Waals surface area (Å²) in [5, 5.41) is 2.70. The van der Waals surface area contributed by atoms with E-state index in [0.717, 1.165) is 5.75 Å². The Labute approximate surface area is 148 Å². The van der Waals surface area contributed by atoms with Crippen LogP contribution < -0.4 is 10.1 Å². The average Bonchev–Trinajstić information content (AvgIpc) is 2.61. The Morgan fingerprint density at radius 3 is 2.40 bits per heavy atom. The standard InChI is InChI=1S/C20H23NO4/c1-15-10-12-18(13-11-15)24-14-6-9-19(22)25-16(2)20(23)21-17-7-4-3-5-8-17/h3-5,7-8,10-13,16H,6,9,14H2,1-2H3,(H,21,23)/t16-/m1/s1. The number of amides is 1. The lowest BCUT2D eigenvalue weighted by atomic mass is 10.2. The molecule has 25 heavy (non-hydrogen) atoms. The molecule has 0 saturated carbocycles. The largest absolute Gasteiger partial charge is 0.494 e. The van der Waals surface area contributed by atoms with E-state index in [0.29, 0.717) is 18.7 Å². The van der Waals surface area contributed by atoms with Crippen molar-refractivity contribution in [3.63, 3.8) is 0 Å². The summed E-state index contributed by atoms with van der Waals surface area (Å²) in [6, 6.07) is 16.8. The van der Waals surface area contributed by atoms with Crippen molar-refractivity contribution in [1.82, 2.24) is 0 Å². The molecule has 2 rings (SSSR count). The molecule has 0 spiro atoms. The van der Waals surface area contributed by atoms with Crippen LogP contribution in [0.4, 0.5) is 5.69 Å². The van der Waals surface area contributed by atoms with Crippen molar-refractivity contribution >= 4 is 17.6 Å². The first kappa shape index (κ1) is 18.5. The molecule has 2 aromatic carbocycles. The van der Waals surface area contributed by atoms with Gasteiger partial charge >= 0.3 is 5.97 Å². The molecule has 5 heteroatoms. The average molecular weight is 341 g/mol. The first-order valence-electron chi connectivity index (χ1n) is 8.29. The normalized spacial score (nSPS) is 11.4. The van der Waals surface area contributed by atoms with Crippen LogP contribution in [-0.4, -0.2) is 24.6 Å². The Bertz CT molecular complexity index is 683. The van der Waals surface area contributed by atoms with Gasteiger partial charge in [0.05, 0.1) is 6.61 Å². The minimum Gasteiger partial charge on any atom is -0.494 e. The van der Waals surface area contributed by atoms with Crippen molar-refractivity contribution in [2.24, 2.45) is 0 Å². The topological polar surface area (TPSA) is 64.6 Å². The molecule has 0 bridgehead atoms. The van der Waals surface area contributed by atoms with E-state index >= 15 is 0 Å². The highest BCUT2D eigenvalue weighted by atomic mass is 16.5. The fourth-order valence-electron chi connectivity index (χ4n) is 2.12. The number of hydrogen-bond acceptors (Lipinski definition) is 4. The summed E-state index contributed by atoms with van der Waals surface area (Å²) in [6.07, 6.45) is -0.111. The van der Waals surface area contributed by atoms with Crippen LogP contribution in [0.1, 0.15) is 25.3 Å². The first-order chi connectivity index (χ1) is 12.0. The highest BCUT2D eigenvalue weighted by molar-refractivity contribution is 5.95. The van der Waals surface area contributed by atoms with Crippen LogP contribution in [-0.2, 0) is 14.3 Å². The van der Waals surface area contributed by atoms with Crippen LogP contribution >= 0.6 is 0 Å². The zero-order valence-corrected chi connectivity index (χ0v) is 14.5. The Morgan fingerprint density at radius 2 is 1.72 bits per heavy atom. The molecule has 0 aromatic heterocycles. The second-order valence-corrected chi connectivity index (χ2v) is 5.75. The number of carbonyl (C=O) groups excluding carboxylic acids is 2. The van der Waals surface area contributed by atoms with Gasteiger partial charge in [-0.2, -0.15) is 0 Å². The SMILES string of the molecule is Cc1ccc(OCCCC(=O)O[C@H](C)C(=O)Nc2ccccc2)cc1. The van der Waals surface area contributed by atoms with E-state index in [1.165, 1.54) is 5.56 Å². The Hall–Kier alpha value is -2.82. The fourth-order valence-corrected chi connectivity index (χ4v) is 2.12. The molecule has 1 atom stereocenters. The molecule has 0 heterocycles. The van der Waals surface area contributed by atoms with Crippen molar-refractivity contribution in [2.45, 2.75) is 32.8 Å². The number of rotatable bonds is 8. The van der Waals surface area contributed by atoms with Gasteiger partial charge in [0.1, 0.15) is 5.75 Å². The smallest absolute Gasteiger partial charge is 0.306 e. The van der Waals surface area contributed by atoms with E-state index in [-0.39, 0.29) is 12.3 Å². The van der Waals surface area contributed by atoms with Crippen molar-refractivity contribution < 1.29 is 19.1 Å². The van der Waals surface area contributed by atoms with Crippen molar-refractivity contribution in [2.75, 3.05) is 11.9 Å². The number of ether oxygens (including phenoxy) is 2. The molecular formula is C20H23NO4. The van der Waals surface area contributed by atoms with Gasteiger partial charge in [0.2, 0.25) is 0 Å². The van der Waals surface area contributed by atoms with Gasteiger partial charge in [-0.3, -0.25) is 9.59 Å². The summed E-state index contributed by atoms with van der Waals surface area (Å²) < 4.78 is 10.7. The van der Waals surface area contributed by atoms with E-state index in [1.54, 1.807) is 19.1 Å². The van der Waals surface area contributed by atoms with Crippen LogP contribution in [0.2, 0.25) is 0 Å². The molecule has 0 aliphatic rings. The summed E-state index contributed by atoms with van der Waals surface area (Å²) in [5.41, 5.74) is 1.83. The molecule has 0 aliphatic carbocycles. The lowest BCUT2D eigenvalue weighted by Gasteiger charge is -2.13. The summed E-state index contributed by atoms with van der Waals surface area (Å²) in [7, 11) is 0. The van der Waals surface area contributed by atoms with Gasteiger partial charge in [-0.15, -0.1) is 0 Å². The molecule has 132 valence electrons. The van der Waals surface area contributed by atoms with Crippen molar-refractivity contribution in [3.05, 3.63) is 60.2 Å². The minimum absolute atomic E-state index is 0.203. The van der Waals surface area contributed by atoms with Gasteiger partial charge in [0, 0.05) is 12.1 Å². The molecule has 0 aliphatic heterocycles. The van der Waals surface area contributed by atoms with Crippen LogP contribution in [0.25, 0.3) is 0 Å². The molecular weight excluding hydrogens is 318 g/mol. The van der Waals surface area contributed by atoms with Crippen LogP contribution in [0.15, 0.2) is 54.6 Å². The van der Waals surface area contributed by atoms with Crippen molar-refractivity contribution in [1.29, 1.82) is 0 Å². The number of nitrogens with one attached hydrogen (secondary N) is 1. The summed E-state index contributed by atoms with van der Waals surface area (Å²) in [5.74, 6) is 0.00764. The van der Waals surface area contributed by atoms with Crippen LogP contribution in [0.5, 0.6) is 5.75 Å². The molecule has 0 fully saturated rings. The number of carbonyl (C=O) groups is 2. The maximum Gasteiger partial charge on any atom is 0.306 e. The quantitative estimate of drug-likeness (QED) is 0.587. The third-order valence-electron chi connectivity index (χ3n) is 3.53. The Balaban J connectivity index is 1.65. The zero-order valence-electron chi connectivity index (χ0n) is 14.5. The number of aryl methyl sites for hydroxylation is 1. The van der Waals surface area contributed by atoms with Gasteiger partial charge in [-0.25, -0.2) is 0 Å². The first-order valence-corrected chi connectivity index (χ1v) is 8.29. The zero-order chi connectivity index (χ0) is 18.1. The predicted molar refractivity (Wildman–Crippen MR) is 96.5 cm³/mol. The van der Waals surface area contributed by atoms with E-state index in [4.69, 9.17) is 9.47 Å². The molecule has 5 nitrogen and oxygen atoms in total. The molecule has 2 aromatic rings. The third kappa shape index (κ3) is 6.67. The van der Waals surface area contributed by atoms with E-state index in [2.05, 4.69) is 5.32 Å². The summed E-state index contributed by atoms with van der Waals surface area (Å²) >= 11 is 0. The maximum absolute atomic E-state index is 12.0. The number of esters is 1. The lowest BCUT2D eigenvalue weighted by molar-refractivity contribution is -0.153.